The Hall–Kier alpha value is -1.22. The molecule has 15 heavy (non-hydrogen) atoms. The number of aliphatic hydroxyl groups is 1. The van der Waals surface area contributed by atoms with Crippen molar-refractivity contribution in [1.29, 1.82) is 0 Å². The van der Waals surface area contributed by atoms with E-state index in [1.54, 1.807) is 14.0 Å². The second kappa shape index (κ2) is 5.03. The van der Waals surface area contributed by atoms with Crippen LogP contribution in [0.25, 0.3) is 0 Å². The molecule has 0 aliphatic heterocycles. The van der Waals surface area contributed by atoms with Crippen LogP contribution in [-0.2, 0) is 0 Å². The smallest absolute Gasteiger partial charge is 0.126 e. The zero-order chi connectivity index (χ0) is 11.4. The van der Waals surface area contributed by atoms with E-state index in [1.807, 2.05) is 25.2 Å². The lowest BCUT2D eigenvalue weighted by Crippen LogP contribution is -2.18. The van der Waals surface area contributed by atoms with Gasteiger partial charge in [0.2, 0.25) is 0 Å². The molecule has 0 saturated carbocycles. The maximum Gasteiger partial charge on any atom is 0.126 e. The van der Waals surface area contributed by atoms with Crippen molar-refractivity contribution in [3.05, 3.63) is 23.8 Å². The zero-order valence-corrected chi connectivity index (χ0v) is 9.82. The molecule has 0 heterocycles. The van der Waals surface area contributed by atoms with Crippen LogP contribution in [0.5, 0.6) is 5.75 Å². The van der Waals surface area contributed by atoms with Gasteiger partial charge in [-0.05, 0) is 26.0 Å². The van der Waals surface area contributed by atoms with Crippen molar-refractivity contribution in [2.45, 2.75) is 20.0 Å². The Balaban J connectivity index is 3.25. The minimum Gasteiger partial charge on any atom is -0.496 e. The normalized spacial score (nSPS) is 12.3. The Bertz CT molecular complexity index is 323. The molecule has 0 amide bonds. The average molecular weight is 209 g/mol. The van der Waals surface area contributed by atoms with Gasteiger partial charge in [0.05, 0.1) is 13.2 Å². The molecular weight excluding hydrogens is 190 g/mol. The molecule has 0 spiro atoms. The first kappa shape index (κ1) is 11.9. The quantitative estimate of drug-likeness (QED) is 0.825. The summed E-state index contributed by atoms with van der Waals surface area (Å²) in [7, 11) is 3.62. The van der Waals surface area contributed by atoms with Crippen molar-refractivity contribution in [2.24, 2.45) is 0 Å². The van der Waals surface area contributed by atoms with E-state index in [9.17, 15) is 5.11 Å². The van der Waals surface area contributed by atoms with Gasteiger partial charge in [0.1, 0.15) is 5.75 Å². The van der Waals surface area contributed by atoms with E-state index >= 15 is 0 Å². The molecular formula is C12H19NO2. The maximum atomic E-state index is 9.75. The number of aliphatic hydroxyl groups excluding tert-OH is 1. The van der Waals surface area contributed by atoms with Gasteiger partial charge in [0, 0.05) is 24.8 Å². The van der Waals surface area contributed by atoms with Crippen LogP contribution in [0, 0.1) is 0 Å². The van der Waals surface area contributed by atoms with Crippen LogP contribution in [0.3, 0.4) is 0 Å². The summed E-state index contributed by atoms with van der Waals surface area (Å²) in [6.45, 7) is 4.73. The summed E-state index contributed by atoms with van der Waals surface area (Å²) in [4.78, 5) is 2.09. The summed E-state index contributed by atoms with van der Waals surface area (Å²) < 4.78 is 5.26. The molecule has 1 N–H and O–H groups in total. The van der Waals surface area contributed by atoms with Crippen molar-refractivity contribution >= 4 is 5.69 Å². The molecule has 0 bridgehead atoms. The van der Waals surface area contributed by atoms with Crippen LogP contribution in [0.1, 0.15) is 25.5 Å². The Morgan fingerprint density at radius 1 is 1.47 bits per heavy atom. The van der Waals surface area contributed by atoms with Gasteiger partial charge in [-0.2, -0.15) is 0 Å². The Kier molecular flexibility index (Phi) is 3.97. The van der Waals surface area contributed by atoms with Crippen LogP contribution >= 0.6 is 0 Å². The number of rotatable bonds is 4. The van der Waals surface area contributed by atoms with E-state index in [2.05, 4.69) is 11.8 Å². The van der Waals surface area contributed by atoms with Gasteiger partial charge in [0.15, 0.2) is 0 Å². The van der Waals surface area contributed by atoms with Crippen molar-refractivity contribution in [3.8, 4) is 5.75 Å². The van der Waals surface area contributed by atoms with Crippen LogP contribution in [-0.4, -0.2) is 25.8 Å². The molecule has 0 saturated heterocycles. The fraction of sp³-hybridized carbons (Fsp3) is 0.500. The lowest BCUT2D eigenvalue weighted by atomic mass is 10.1. The maximum absolute atomic E-state index is 9.75. The zero-order valence-electron chi connectivity index (χ0n) is 9.82. The predicted molar refractivity (Wildman–Crippen MR) is 62.6 cm³/mol. The van der Waals surface area contributed by atoms with E-state index in [0.717, 1.165) is 23.5 Å². The van der Waals surface area contributed by atoms with Crippen LogP contribution < -0.4 is 9.64 Å². The molecule has 3 heteroatoms. The lowest BCUT2D eigenvalue weighted by molar-refractivity contribution is 0.194. The van der Waals surface area contributed by atoms with Gasteiger partial charge in [-0.3, -0.25) is 0 Å². The summed E-state index contributed by atoms with van der Waals surface area (Å²) in [6.07, 6.45) is -0.523. The molecule has 0 aliphatic rings. The third kappa shape index (κ3) is 2.42. The fourth-order valence-corrected chi connectivity index (χ4v) is 1.63. The van der Waals surface area contributed by atoms with Gasteiger partial charge < -0.3 is 14.7 Å². The van der Waals surface area contributed by atoms with Gasteiger partial charge in [-0.25, -0.2) is 0 Å². The lowest BCUT2D eigenvalue weighted by Gasteiger charge is -2.23. The highest BCUT2D eigenvalue weighted by molar-refractivity contribution is 5.59. The third-order valence-electron chi connectivity index (χ3n) is 2.57. The van der Waals surface area contributed by atoms with E-state index < -0.39 is 6.10 Å². The topological polar surface area (TPSA) is 32.7 Å². The van der Waals surface area contributed by atoms with Crippen LogP contribution in [0.15, 0.2) is 18.2 Å². The number of hydrogen-bond donors (Lipinski definition) is 1. The van der Waals surface area contributed by atoms with Gasteiger partial charge in [0.25, 0.3) is 0 Å². The number of ether oxygens (including phenoxy) is 1. The Morgan fingerprint density at radius 2 is 2.13 bits per heavy atom. The van der Waals surface area contributed by atoms with Crippen molar-refractivity contribution < 1.29 is 9.84 Å². The van der Waals surface area contributed by atoms with Gasteiger partial charge >= 0.3 is 0 Å². The van der Waals surface area contributed by atoms with Crippen molar-refractivity contribution in [1.82, 2.24) is 0 Å². The van der Waals surface area contributed by atoms with Crippen molar-refractivity contribution in [3.63, 3.8) is 0 Å². The SMILES string of the molecule is CCN(C)c1cccc(OC)c1C(C)O. The van der Waals surface area contributed by atoms with E-state index in [4.69, 9.17) is 4.74 Å². The van der Waals surface area contributed by atoms with E-state index in [-0.39, 0.29) is 0 Å². The van der Waals surface area contributed by atoms with Gasteiger partial charge in [-0.1, -0.05) is 6.07 Å². The molecule has 1 aromatic rings. The molecule has 1 unspecified atom stereocenters. The number of methoxy groups -OCH3 is 1. The molecule has 0 aliphatic carbocycles. The second-order valence-corrected chi connectivity index (χ2v) is 3.58. The Morgan fingerprint density at radius 3 is 2.60 bits per heavy atom. The molecule has 1 rings (SSSR count). The standard InChI is InChI=1S/C12H19NO2/c1-5-13(3)10-7-6-8-11(15-4)12(10)9(2)14/h6-9,14H,5H2,1-4H3. The highest BCUT2D eigenvalue weighted by atomic mass is 16.5. The third-order valence-corrected chi connectivity index (χ3v) is 2.57. The highest BCUT2D eigenvalue weighted by Crippen LogP contribution is 2.33. The number of hydrogen-bond acceptors (Lipinski definition) is 3. The minimum absolute atomic E-state index is 0.523. The first-order valence-corrected chi connectivity index (χ1v) is 5.17. The van der Waals surface area contributed by atoms with Crippen LogP contribution in [0.2, 0.25) is 0 Å². The molecule has 3 nitrogen and oxygen atoms in total. The molecule has 1 aromatic carbocycles. The summed E-state index contributed by atoms with van der Waals surface area (Å²) in [5.41, 5.74) is 1.87. The molecule has 0 fully saturated rings. The summed E-state index contributed by atoms with van der Waals surface area (Å²) >= 11 is 0. The molecule has 0 radical (unpaired) electrons. The van der Waals surface area contributed by atoms with Crippen LogP contribution in [0.4, 0.5) is 5.69 Å². The Labute approximate surface area is 91.3 Å². The first-order chi connectivity index (χ1) is 7.11. The monoisotopic (exact) mass is 209 g/mol. The average Bonchev–Trinajstić information content (AvgIpc) is 2.26. The molecule has 1 atom stereocenters. The largest absolute Gasteiger partial charge is 0.496 e. The summed E-state index contributed by atoms with van der Waals surface area (Å²) in [6, 6.07) is 5.80. The van der Waals surface area contributed by atoms with Gasteiger partial charge in [-0.15, -0.1) is 0 Å². The number of nitrogens with zero attached hydrogens (tertiary/aromatic N) is 1. The number of benzene rings is 1. The summed E-state index contributed by atoms with van der Waals surface area (Å²) in [5, 5.41) is 9.75. The summed E-state index contributed by atoms with van der Waals surface area (Å²) in [5.74, 6) is 0.739. The second-order valence-electron chi connectivity index (χ2n) is 3.58. The number of anilines is 1. The van der Waals surface area contributed by atoms with E-state index in [1.165, 1.54) is 0 Å². The molecule has 84 valence electrons. The minimum atomic E-state index is -0.523. The predicted octanol–water partition coefficient (Wildman–Crippen LogP) is 2.20. The fourth-order valence-electron chi connectivity index (χ4n) is 1.63. The molecule has 0 aromatic heterocycles. The first-order valence-electron chi connectivity index (χ1n) is 5.17. The highest BCUT2D eigenvalue weighted by Gasteiger charge is 2.15. The van der Waals surface area contributed by atoms with E-state index in [0.29, 0.717) is 0 Å². The van der Waals surface area contributed by atoms with Crippen molar-refractivity contribution in [2.75, 3.05) is 25.6 Å².